The Bertz CT molecular complexity index is 210. The van der Waals surface area contributed by atoms with Crippen molar-refractivity contribution in [3.8, 4) is 0 Å². The molecule has 0 heterocycles. The molecule has 0 aromatic heterocycles. The van der Waals surface area contributed by atoms with Crippen molar-refractivity contribution in [2.75, 3.05) is 0 Å². The second-order valence-corrected chi connectivity index (χ2v) is 20.3. The third-order valence-corrected chi connectivity index (χ3v) is 20.2. The summed E-state index contributed by atoms with van der Waals surface area (Å²) in [5, 5.41) is 0. The molecule has 0 rings (SSSR count). The minimum atomic E-state index is -2.87. The monoisotopic (exact) mass is 320 g/mol. The van der Waals surface area contributed by atoms with Gasteiger partial charge in [0.1, 0.15) is 0 Å². The summed E-state index contributed by atoms with van der Waals surface area (Å²) in [6, 6.07) is 0. The minimum absolute atomic E-state index is 0.234. The van der Waals surface area contributed by atoms with Crippen molar-refractivity contribution < 1.29 is 7.87 Å². The molecule has 0 saturated carbocycles. The van der Waals surface area contributed by atoms with Gasteiger partial charge in [-0.3, -0.25) is 0 Å². The third-order valence-electron chi connectivity index (χ3n) is 3.15. The first kappa shape index (κ1) is 15.0. The first-order valence-corrected chi connectivity index (χ1v) is 11.7. The second-order valence-electron chi connectivity index (χ2n) is 4.94. The molecule has 0 aromatic carbocycles. The zero-order chi connectivity index (χ0) is 12.2. The van der Waals surface area contributed by atoms with Crippen LogP contribution in [0.4, 0.5) is 0 Å². The molecule has 0 aliphatic heterocycles. The number of rotatable bonds is 5. The Labute approximate surface area is 98.5 Å². The van der Waals surface area contributed by atoms with Crippen LogP contribution in [-0.2, 0) is 7.87 Å². The number of carbonyl (C=O) groups excluding carboxylic acids is 1. The molecule has 0 atom stereocenters. The predicted molar refractivity (Wildman–Crippen MR) is 67.3 cm³/mol. The van der Waals surface area contributed by atoms with Gasteiger partial charge in [0.15, 0.2) is 0 Å². The first-order chi connectivity index (χ1) is 6.78. The molecule has 0 aliphatic carbocycles. The van der Waals surface area contributed by atoms with Crippen LogP contribution in [-0.4, -0.2) is 24.8 Å². The summed E-state index contributed by atoms with van der Waals surface area (Å²) in [5.41, 5.74) is 0. The van der Waals surface area contributed by atoms with Crippen molar-refractivity contribution >= 4 is 24.8 Å². The molecule has 88 valence electrons. The maximum absolute atomic E-state index is 11.5. The first-order valence-electron chi connectivity index (χ1n) is 5.64. The fourth-order valence-electron chi connectivity index (χ4n) is 2.57. The molecule has 0 bridgehead atoms. The van der Waals surface area contributed by atoms with E-state index in [1.54, 1.807) is 0 Å². The Hall–Kier alpha value is 0.00870. The SMILES string of the molecule is C=CC(=O)[O][Sn]([CH](C)C)([CH](C)C)[CH](C)C. The van der Waals surface area contributed by atoms with Crippen LogP contribution in [0.25, 0.3) is 0 Å². The van der Waals surface area contributed by atoms with Crippen LogP contribution in [0.3, 0.4) is 0 Å². The Morgan fingerprint density at radius 1 is 1.07 bits per heavy atom. The van der Waals surface area contributed by atoms with Crippen molar-refractivity contribution in [1.82, 2.24) is 0 Å². The average molecular weight is 319 g/mol. The molecular formula is C12H24O2Sn. The van der Waals surface area contributed by atoms with E-state index in [-0.39, 0.29) is 5.97 Å². The van der Waals surface area contributed by atoms with Crippen molar-refractivity contribution in [1.29, 1.82) is 0 Å². The number of carbonyl (C=O) groups is 1. The summed E-state index contributed by atoms with van der Waals surface area (Å²) < 4.78 is 7.33. The second kappa shape index (κ2) is 5.92. The van der Waals surface area contributed by atoms with Crippen LogP contribution in [0.2, 0.25) is 11.8 Å². The van der Waals surface area contributed by atoms with E-state index in [0.29, 0.717) is 11.8 Å². The van der Waals surface area contributed by atoms with Crippen LogP contribution in [0.15, 0.2) is 12.7 Å². The molecule has 0 aromatic rings. The Morgan fingerprint density at radius 3 is 1.60 bits per heavy atom. The molecule has 0 aliphatic rings. The maximum atomic E-state index is 11.5. The summed E-state index contributed by atoms with van der Waals surface area (Å²) >= 11 is -2.87. The zero-order valence-electron chi connectivity index (χ0n) is 10.8. The van der Waals surface area contributed by atoms with Crippen LogP contribution in [0, 0.1) is 0 Å². The normalized spacial score (nSPS) is 12.3. The van der Waals surface area contributed by atoms with Gasteiger partial charge in [0.25, 0.3) is 0 Å². The van der Waals surface area contributed by atoms with E-state index < -0.39 is 18.8 Å². The van der Waals surface area contributed by atoms with E-state index in [0.717, 1.165) is 0 Å². The Morgan fingerprint density at radius 2 is 1.40 bits per heavy atom. The Balaban J connectivity index is 5.13. The summed E-state index contributed by atoms with van der Waals surface area (Å²) in [4.78, 5) is 11.5. The summed E-state index contributed by atoms with van der Waals surface area (Å²) in [6.07, 6.45) is 1.29. The van der Waals surface area contributed by atoms with E-state index in [4.69, 9.17) is 3.07 Å². The van der Waals surface area contributed by atoms with E-state index in [9.17, 15) is 4.79 Å². The molecule has 0 saturated heterocycles. The Kier molecular flexibility index (Phi) is 5.92. The summed E-state index contributed by atoms with van der Waals surface area (Å²) in [5.74, 6) is -0.234. The average Bonchev–Trinajstić information content (AvgIpc) is 2.11. The molecule has 15 heavy (non-hydrogen) atoms. The molecule has 0 amide bonds. The zero-order valence-corrected chi connectivity index (χ0v) is 13.7. The topological polar surface area (TPSA) is 26.3 Å². The van der Waals surface area contributed by atoms with Crippen LogP contribution in [0.1, 0.15) is 41.5 Å². The van der Waals surface area contributed by atoms with E-state index >= 15 is 0 Å². The van der Waals surface area contributed by atoms with E-state index in [1.165, 1.54) is 6.08 Å². The van der Waals surface area contributed by atoms with Gasteiger partial charge in [0, 0.05) is 0 Å². The predicted octanol–water partition coefficient (Wildman–Crippen LogP) is 3.89. The van der Waals surface area contributed by atoms with Gasteiger partial charge in [0.05, 0.1) is 0 Å². The van der Waals surface area contributed by atoms with Crippen molar-refractivity contribution in [3.05, 3.63) is 12.7 Å². The van der Waals surface area contributed by atoms with Crippen LogP contribution in [0.5, 0.6) is 0 Å². The van der Waals surface area contributed by atoms with Crippen molar-refractivity contribution in [2.45, 2.75) is 53.3 Å². The number of hydrogen-bond donors (Lipinski definition) is 0. The van der Waals surface area contributed by atoms with Gasteiger partial charge in [-0.25, -0.2) is 0 Å². The summed E-state index contributed by atoms with van der Waals surface area (Å²) in [7, 11) is 0. The molecule has 3 heteroatoms. The van der Waals surface area contributed by atoms with Crippen LogP contribution < -0.4 is 0 Å². The molecule has 0 fully saturated rings. The van der Waals surface area contributed by atoms with Crippen LogP contribution >= 0.6 is 0 Å². The quantitative estimate of drug-likeness (QED) is 0.568. The van der Waals surface area contributed by atoms with Gasteiger partial charge >= 0.3 is 98.6 Å². The van der Waals surface area contributed by atoms with Gasteiger partial charge in [-0.2, -0.15) is 0 Å². The molecule has 0 spiro atoms. The molecular weight excluding hydrogens is 295 g/mol. The standard InChI is InChI=1S/C3H4O2.3C3H7.Sn/c1-2-3(4)5;3*1-3-2;/h2H,1H2,(H,4,5);3*3H,1-2H3;/q;;;;+1/p-1. The molecule has 0 radical (unpaired) electrons. The van der Waals surface area contributed by atoms with Gasteiger partial charge in [0.2, 0.25) is 0 Å². The van der Waals surface area contributed by atoms with Gasteiger partial charge in [-0.15, -0.1) is 0 Å². The van der Waals surface area contributed by atoms with E-state index in [1.807, 2.05) is 0 Å². The van der Waals surface area contributed by atoms with E-state index in [2.05, 4.69) is 48.1 Å². The fourth-order valence-corrected chi connectivity index (χ4v) is 17.2. The van der Waals surface area contributed by atoms with Gasteiger partial charge in [-0.1, -0.05) is 0 Å². The molecule has 0 N–H and O–H groups in total. The number of hydrogen-bond acceptors (Lipinski definition) is 2. The molecule has 0 unspecified atom stereocenters. The van der Waals surface area contributed by atoms with Gasteiger partial charge < -0.3 is 0 Å². The summed E-state index contributed by atoms with van der Waals surface area (Å²) in [6.45, 7) is 16.6. The third kappa shape index (κ3) is 3.23. The van der Waals surface area contributed by atoms with Crippen molar-refractivity contribution in [3.63, 3.8) is 0 Å². The van der Waals surface area contributed by atoms with Gasteiger partial charge in [-0.05, 0) is 0 Å². The molecule has 2 nitrogen and oxygen atoms in total. The van der Waals surface area contributed by atoms with Crippen molar-refractivity contribution in [2.24, 2.45) is 0 Å². The fraction of sp³-hybridized carbons (Fsp3) is 0.750.